The van der Waals surface area contributed by atoms with Gasteiger partial charge in [0.2, 0.25) is 0 Å². The molecule has 0 aliphatic rings. The highest BCUT2D eigenvalue weighted by Gasteiger charge is 2.38. The minimum atomic E-state index is -3.16. The van der Waals surface area contributed by atoms with E-state index in [2.05, 4.69) is 6.58 Å². The lowest BCUT2D eigenvalue weighted by molar-refractivity contribution is -0.109. The predicted octanol–water partition coefficient (Wildman–Crippen LogP) is 3.32. The van der Waals surface area contributed by atoms with Gasteiger partial charge >= 0.3 is 0 Å². The molecule has 82 valence electrons. The SMILES string of the molecule is C=C(C)CC(F)(F)[C@H](O)c1ccccc1. The number of hydrogen-bond donors (Lipinski definition) is 1. The van der Waals surface area contributed by atoms with Gasteiger partial charge in [0.05, 0.1) is 0 Å². The fourth-order valence-corrected chi connectivity index (χ4v) is 1.38. The molecule has 1 nitrogen and oxygen atoms in total. The van der Waals surface area contributed by atoms with Crippen molar-refractivity contribution in [2.24, 2.45) is 0 Å². The van der Waals surface area contributed by atoms with Crippen molar-refractivity contribution in [3.8, 4) is 0 Å². The maximum absolute atomic E-state index is 13.4. The Hall–Kier alpha value is -1.22. The standard InChI is InChI=1S/C12H14F2O/c1-9(2)8-12(13,14)11(15)10-6-4-3-5-7-10/h3-7,11,15H,1,8H2,2H3/t11-/m1/s1. The number of aliphatic hydroxyl groups excluding tert-OH is 1. The Labute approximate surface area is 88.1 Å². The summed E-state index contributed by atoms with van der Waals surface area (Å²) in [7, 11) is 0. The molecule has 0 saturated carbocycles. The maximum atomic E-state index is 13.4. The lowest BCUT2D eigenvalue weighted by atomic mass is 9.99. The van der Waals surface area contributed by atoms with Gasteiger partial charge in [-0.25, -0.2) is 8.78 Å². The summed E-state index contributed by atoms with van der Waals surface area (Å²) < 4.78 is 26.9. The minimum absolute atomic E-state index is 0.226. The highest BCUT2D eigenvalue weighted by atomic mass is 19.3. The van der Waals surface area contributed by atoms with Gasteiger partial charge < -0.3 is 5.11 Å². The molecule has 1 aromatic carbocycles. The summed E-state index contributed by atoms with van der Waals surface area (Å²) >= 11 is 0. The molecule has 1 N–H and O–H groups in total. The number of alkyl halides is 2. The third-order valence-electron chi connectivity index (χ3n) is 2.05. The summed E-state index contributed by atoms with van der Waals surface area (Å²) in [6, 6.07) is 7.92. The summed E-state index contributed by atoms with van der Waals surface area (Å²) in [6.07, 6.45) is -2.27. The van der Waals surface area contributed by atoms with E-state index in [-0.39, 0.29) is 5.56 Å². The van der Waals surface area contributed by atoms with Crippen LogP contribution in [0.15, 0.2) is 42.5 Å². The molecule has 0 bridgehead atoms. The molecule has 0 fully saturated rings. The quantitative estimate of drug-likeness (QED) is 0.759. The van der Waals surface area contributed by atoms with Crippen molar-refractivity contribution in [2.75, 3.05) is 0 Å². The topological polar surface area (TPSA) is 20.2 Å². The number of aliphatic hydroxyl groups is 1. The van der Waals surface area contributed by atoms with Crippen LogP contribution in [-0.2, 0) is 0 Å². The molecule has 0 spiro atoms. The first kappa shape index (κ1) is 11.9. The molecular formula is C12H14F2O. The number of benzene rings is 1. The third-order valence-corrected chi connectivity index (χ3v) is 2.05. The second kappa shape index (κ2) is 4.53. The van der Waals surface area contributed by atoms with Gasteiger partial charge in [0.1, 0.15) is 6.10 Å². The molecule has 1 atom stereocenters. The third kappa shape index (κ3) is 3.13. The largest absolute Gasteiger partial charge is 0.382 e. The van der Waals surface area contributed by atoms with Crippen LogP contribution in [0.4, 0.5) is 8.78 Å². The molecule has 3 heteroatoms. The van der Waals surface area contributed by atoms with Crippen LogP contribution in [0.1, 0.15) is 25.0 Å². The summed E-state index contributed by atoms with van der Waals surface area (Å²) in [5.41, 5.74) is 0.582. The van der Waals surface area contributed by atoms with Crippen molar-refractivity contribution in [3.05, 3.63) is 48.0 Å². The molecule has 1 aromatic rings. The minimum Gasteiger partial charge on any atom is -0.382 e. The Morgan fingerprint density at radius 1 is 1.40 bits per heavy atom. The van der Waals surface area contributed by atoms with Gasteiger partial charge in [-0.05, 0) is 12.5 Å². The van der Waals surface area contributed by atoms with Crippen LogP contribution in [0, 0.1) is 0 Å². The van der Waals surface area contributed by atoms with Crippen LogP contribution in [0.3, 0.4) is 0 Å². The molecule has 0 amide bonds. The zero-order valence-corrected chi connectivity index (χ0v) is 8.58. The van der Waals surface area contributed by atoms with Crippen molar-refractivity contribution < 1.29 is 13.9 Å². The van der Waals surface area contributed by atoms with E-state index in [1.807, 2.05) is 0 Å². The smallest absolute Gasteiger partial charge is 0.281 e. The monoisotopic (exact) mass is 212 g/mol. The maximum Gasteiger partial charge on any atom is 0.281 e. The van der Waals surface area contributed by atoms with E-state index in [1.165, 1.54) is 19.1 Å². The van der Waals surface area contributed by atoms with E-state index in [0.717, 1.165) is 0 Å². The molecule has 1 rings (SSSR count). The van der Waals surface area contributed by atoms with Crippen LogP contribution >= 0.6 is 0 Å². The first-order valence-corrected chi connectivity index (χ1v) is 4.68. The van der Waals surface area contributed by atoms with Crippen LogP contribution in [0.25, 0.3) is 0 Å². The Balaban J connectivity index is 2.84. The highest BCUT2D eigenvalue weighted by molar-refractivity contribution is 5.20. The molecule has 0 aromatic heterocycles. The van der Waals surface area contributed by atoms with Crippen LogP contribution in [0.5, 0.6) is 0 Å². The average molecular weight is 212 g/mol. The van der Waals surface area contributed by atoms with Crippen molar-refractivity contribution >= 4 is 0 Å². The predicted molar refractivity (Wildman–Crippen MR) is 55.8 cm³/mol. The first-order chi connectivity index (χ1) is 6.93. The van der Waals surface area contributed by atoms with Crippen molar-refractivity contribution in [1.82, 2.24) is 0 Å². The van der Waals surface area contributed by atoms with E-state index >= 15 is 0 Å². The molecule has 0 aliphatic carbocycles. The Bertz CT molecular complexity index is 333. The van der Waals surface area contributed by atoms with Gasteiger partial charge in [-0.1, -0.05) is 42.5 Å². The Morgan fingerprint density at radius 2 is 1.93 bits per heavy atom. The lowest BCUT2D eigenvalue weighted by Gasteiger charge is -2.22. The van der Waals surface area contributed by atoms with E-state index in [4.69, 9.17) is 0 Å². The van der Waals surface area contributed by atoms with Gasteiger partial charge in [0.15, 0.2) is 0 Å². The van der Waals surface area contributed by atoms with Crippen molar-refractivity contribution in [1.29, 1.82) is 0 Å². The van der Waals surface area contributed by atoms with E-state index in [1.54, 1.807) is 18.2 Å². The van der Waals surface area contributed by atoms with E-state index in [0.29, 0.717) is 5.57 Å². The van der Waals surface area contributed by atoms with Gasteiger partial charge in [0, 0.05) is 6.42 Å². The normalized spacial score (nSPS) is 13.6. The number of rotatable bonds is 4. The van der Waals surface area contributed by atoms with Crippen molar-refractivity contribution in [3.63, 3.8) is 0 Å². The molecular weight excluding hydrogens is 198 g/mol. The van der Waals surface area contributed by atoms with Gasteiger partial charge in [0.25, 0.3) is 5.92 Å². The van der Waals surface area contributed by atoms with Gasteiger partial charge in [-0.3, -0.25) is 0 Å². The zero-order chi connectivity index (χ0) is 11.5. The summed E-state index contributed by atoms with van der Waals surface area (Å²) in [5.74, 6) is -3.16. The molecule has 0 unspecified atom stereocenters. The number of hydrogen-bond acceptors (Lipinski definition) is 1. The fraction of sp³-hybridized carbons (Fsp3) is 0.333. The second-order valence-corrected chi connectivity index (χ2v) is 3.71. The molecule has 15 heavy (non-hydrogen) atoms. The Morgan fingerprint density at radius 3 is 2.40 bits per heavy atom. The molecule has 0 saturated heterocycles. The molecule has 0 heterocycles. The number of allylic oxidation sites excluding steroid dienone is 1. The molecule has 0 aliphatic heterocycles. The summed E-state index contributed by atoms with van der Waals surface area (Å²) in [4.78, 5) is 0. The van der Waals surface area contributed by atoms with Crippen LogP contribution in [0.2, 0.25) is 0 Å². The van der Waals surface area contributed by atoms with Crippen molar-refractivity contribution in [2.45, 2.75) is 25.4 Å². The highest BCUT2D eigenvalue weighted by Crippen LogP contribution is 2.35. The number of halogens is 2. The van der Waals surface area contributed by atoms with E-state index < -0.39 is 18.4 Å². The van der Waals surface area contributed by atoms with Gasteiger partial charge in [-0.2, -0.15) is 0 Å². The van der Waals surface area contributed by atoms with Crippen LogP contribution in [-0.4, -0.2) is 11.0 Å². The lowest BCUT2D eigenvalue weighted by Crippen LogP contribution is -2.26. The fourth-order valence-electron chi connectivity index (χ4n) is 1.38. The first-order valence-electron chi connectivity index (χ1n) is 4.68. The average Bonchev–Trinajstić information content (AvgIpc) is 2.16. The van der Waals surface area contributed by atoms with Gasteiger partial charge in [-0.15, -0.1) is 0 Å². The van der Waals surface area contributed by atoms with E-state index in [9.17, 15) is 13.9 Å². The zero-order valence-electron chi connectivity index (χ0n) is 8.58. The summed E-state index contributed by atoms with van der Waals surface area (Å²) in [5, 5.41) is 9.51. The molecule has 0 radical (unpaired) electrons. The second-order valence-electron chi connectivity index (χ2n) is 3.71. The summed E-state index contributed by atoms with van der Waals surface area (Å²) in [6.45, 7) is 4.94. The Kier molecular flexibility index (Phi) is 3.58. The van der Waals surface area contributed by atoms with Crippen LogP contribution < -0.4 is 0 Å².